The summed E-state index contributed by atoms with van der Waals surface area (Å²) < 4.78 is 27.7. The number of carbonyl (C=O) groups is 1. The molecule has 0 aliphatic carbocycles. The second kappa shape index (κ2) is 5.43. The monoisotopic (exact) mass is 295 g/mol. The number of hydrogen-bond donors (Lipinski definition) is 2. The van der Waals surface area contributed by atoms with Crippen LogP contribution in [0.4, 0.5) is 0 Å². The van der Waals surface area contributed by atoms with Gasteiger partial charge in [-0.05, 0) is 11.6 Å². The average Bonchev–Trinajstić information content (AvgIpc) is 2.84. The van der Waals surface area contributed by atoms with Crippen molar-refractivity contribution in [1.29, 1.82) is 0 Å². The van der Waals surface area contributed by atoms with Crippen molar-refractivity contribution in [3.63, 3.8) is 0 Å². The number of nitrogens with zero attached hydrogens (tertiary/aromatic N) is 2. The highest BCUT2D eigenvalue weighted by molar-refractivity contribution is 7.89. The minimum absolute atomic E-state index is 0.0975. The summed E-state index contributed by atoms with van der Waals surface area (Å²) in [6, 6.07) is 8.04. The van der Waals surface area contributed by atoms with E-state index in [1.165, 1.54) is 19.3 Å². The van der Waals surface area contributed by atoms with Crippen LogP contribution in [0.25, 0.3) is 0 Å². The molecule has 0 unspecified atom stereocenters. The van der Waals surface area contributed by atoms with Crippen molar-refractivity contribution in [3.8, 4) is 0 Å². The second-order valence-corrected chi connectivity index (χ2v) is 5.76. The summed E-state index contributed by atoms with van der Waals surface area (Å²) in [6.07, 6.45) is 1.33. The van der Waals surface area contributed by atoms with E-state index in [9.17, 15) is 18.3 Å². The lowest BCUT2D eigenvalue weighted by atomic mass is 10.1. The smallest absolute Gasteiger partial charge is 0.326 e. The van der Waals surface area contributed by atoms with Gasteiger partial charge in [0.05, 0.1) is 6.20 Å². The van der Waals surface area contributed by atoms with E-state index < -0.39 is 22.0 Å². The van der Waals surface area contributed by atoms with Crippen LogP contribution >= 0.6 is 0 Å². The fraction of sp³-hybridized carbons (Fsp3) is 0.167. The third kappa shape index (κ3) is 2.86. The molecule has 7 nitrogen and oxygen atoms in total. The van der Waals surface area contributed by atoms with Gasteiger partial charge in [0, 0.05) is 7.05 Å². The van der Waals surface area contributed by atoms with E-state index in [1.54, 1.807) is 30.3 Å². The molecule has 0 fully saturated rings. The minimum Gasteiger partial charge on any atom is -0.480 e. The van der Waals surface area contributed by atoms with Crippen molar-refractivity contribution in [3.05, 3.63) is 48.2 Å². The largest absolute Gasteiger partial charge is 0.480 e. The first kappa shape index (κ1) is 14.2. The van der Waals surface area contributed by atoms with Crippen LogP contribution in [0.2, 0.25) is 0 Å². The first-order valence-electron chi connectivity index (χ1n) is 5.70. The fourth-order valence-corrected chi connectivity index (χ4v) is 3.05. The molecule has 0 spiro atoms. The van der Waals surface area contributed by atoms with Gasteiger partial charge in [-0.2, -0.15) is 9.82 Å². The summed E-state index contributed by atoms with van der Waals surface area (Å²) in [7, 11) is -2.51. The molecule has 1 aromatic carbocycles. The van der Waals surface area contributed by atoms with E-state index in [4.69, 9.17) is 0 Å². The van der Waals surface area contributed by atoms with Crippen LogP contribution in [-0.2, 0) is 21.9 Å². The number of rotatable bonds is 5. The van der Waals surface area contributed by atoms with Crippen molar-refractivity contribution in [2.24, 2.45) is 7.05 Å². The minimum atomic E-state index is -3.97. The molecule has 0 aliphatic heterocycles. The number of carboxylic acids is 1. The van der Waals surface area contributed by atoms with Gasteiger partial charge in [-0.1, -0.05) is 30.3 Å². The van der Waals surface area contributed by atoms with Gasteiger partial charge in [0.2, 0.25) is 0 Å². The van der Waals surface area contributed by atoms with Crippen LogP contribution < -0.4 is 4.72 Å². The molecule has 106 valence electrons. The van der Waals surface area contributed by atoms with Crippen LogP contribution in [0.15, 0.2) is 47.6 Å². The van der Waals surface area contributed by atoms with Gasteiger partial charge in [-0.25, -0.2) is 8.42 Å². The zero-order valence-corrected chi connectivity index (χ0v) is 11.4. The lowest BCUT2D eigenvalue weighted by Crippen LogP contribution is -2.34. The summed E-state index contributed by atoms with van der Waals surface area (Å²) in [5.74, 6) is -1.28. The average molecular weight is 295 g/mol. The second-order valence-electron chi connectivity index (χ2n) is 4.10. The number of carboxylic acid groups (broad SMARTS) is 1. The maximum atomic E-state index is 12.2. The molecule has 0 saturated carbocycles. The molecule has 0 bridgehead atoms. The number of aromatic nitrogens is 2. The van der Waals surface area contributed by atoms with Gasteiger partial charge in [-0.3, -0.25) is 9.48 Å². The first-order valence-corrected chi connectivity index (χ1v) is 7.18. The van der Waals surface area contributed by atoms with Crippen molar-refractivity contribution in [1.82, 2.24) is 14.5 Å². The van der Waals surface area contributed by atoms with E-state index in [0.717, 1.165) is 4.68 Å². The Morgan fingerprint density at radius 2 is 1.95 bits per heavy atom. The summed E-state index contributed by atoms with van der Waals surface area (Å²) >= 11 is 0. The fourth-order valence-electron chi connectivity index (χ4n) is 1.75. The molecule has 2 aromatic rings. The Labute approximate surface area is 115 Å². The summed E-state index contributed by atoms with van der Waals surface area (Å²) in [5, 5.41) is 12.9. The maximum Gasteiger partial charge on any atom is 0.326 e. The Bertz CT molecular complexity index is 709. The molecule has 0 amide bonds. The molecule has 2 N–H and O–H groups in total. The molecule has 0 radical (unpaired) electrons. The van der Waals surface area contributed by atoms with Crippen molar-refractivity contribution in [2.45, 2.75) is 11.1 Å². The van der Waals surface area contributed by atoms with Crippen LogP contribution in [0.5, 0.6) is 0 Å². The Balaban J connectivity index is 2.35. The summed E-state index contributed by atoms with van der Waals surface area (Å²) in [4.78, 5) is 11.3. The predicted octanol–water partition coefficient (Wildman–Crippen LogP) is 0.524. The van der Waals surface area contributed by atoms with Crippen LogP contribution in [0.3, 0.4) is 0 Å². The number of hydrogen-bond acceptors (Lipinski definition) is 4. The summed E-state index contributed by atoms with van der Waals surface area (Å²) in [6.45, 7) is 0. The van der Waals surface area contributed by atoms with Crippen LogP contribution in [-0.4, -0.2) is 29.3 Å². The van der Waals surface area contributed by atoms with Crippen molar-refractivity contribution < 1.29 is 18.3 Å². The number of sulfonamides is 1. The van der Waals surface area contributed by atoms with Gasteiger partial charge in [-0.15, -0.1) is 0 Å². The molecular formula is C12H13N3O4S. The maximum absolute atomic E-state index is 12.2. The van der Waals surface area contributed by atoms with Crippen molar-refractivity contribution in [2.75, 3.05) is 0 Å². The third-order valence-corrected chi connectivity index (χ3v) is 4.20. The van der Waals surface area contributed by atoms with E-state index in [2.05, 4.69) is 9.82 Å². The van der Waals surface area contributed by atoms with E-state index in [-0.39, 0.29) is 5.03 Å². The molecule has 2 rings (SSSR count). The number of nitrogens with one attached hydrogen (secondary N) is 1. The van der Waals surface area contributed by atoms with Crippen LogP contribution in [0, 0.1) is 0 Å². The first-order chi connectivity index (χ1) is 9.42. The highest BCUT2D eigenvalue weighted by Crippen LogP contribution is 2.17. The molecule has 0 aliphatic rings. The highest BCUT2D eigenvalue weighted by atomic mass is 32.2. The number of benzene rings is 1. The van der Waals surface area contributed by atoms with Gasteiger partial charge in [0.25, 0.3) is 10.0 Å². The van der Waals surface area contributed by atoms with Gasteiger partial charge in [0.1, 0.15) is 6.04 Å². The molecule has 8 heteroatoms. The topological polar surface area (TPSA) is 101 Å². The van der Waals surface area contributed by atoms with Crippen molar-refractivity contribution >= 4 is 16.0 Å². The molecule has 20 heavy (non-hydrogen) atoms. The van der Waals surface area contributed by atoms with Gasteiger partial charge < -0.3 is 5.11 Å². The molecule has 1 aromatic heterocycles. The van der Waals surface area contributed by atoms with E-state index in [0.29, 0.717) is 5.56 Å². The number of aliphatic carboxylic acids is 1. The molecule has 1 atom stereocenters. The zero-order valence-electron chi connectivity index (χ0n) is 10.6. The van der Waals surface area contributed by atoms with E-state index >= 15 is 0 Å². The normalized spacial score (nSPS) is 13.1. The zero-order chi connectivity index (χ0) is 14.8. The standard InChI is InChI=1S/C12H13N3O4S/c1-15-10(7-8-13-15)20(18,19)14-11(12(16)17)9-5-3-2-4-6-9/h2-8,11,14H,1H3,(H,16,17)/t11-/m0/s1. The number of aryl methyl sites for hydroxylation is 1. The summed E-state index contributed by atoms with van der Waals surface area (Å²) in [5.41, 5.74) is 0.353. The molecular weight excluding hydrogens is 282 g/mol. The lowest BCUT2D eigenvalue weighted by Gasteiger charge is -2.15. The molecule has 0 saturated heterocycles. The predicted molar refractivity (Wildman–Crippen MR) is 70.3 cm³/mol. The Kier molecular flexibility index (Phi) is 3.86. The van der Waals surface area contributed by atoms with Crippen LogP contribution in [0.1, 0.15) is 11.6 Å². The van der Waals surface area contributed by atoms with Gasteiger partial charge >= 0.3 is 5.97 Å². The lowest BCUT2D eigenvalue weighted by molar-refractivity contribution is -0.139. The Morgan fingerprint density at radius 1 is 1.30 bits per heavy atom. The Morgan fingerprint density at radius 3 is 2.45 bits per heavy atom. The third-order valence-electron chi connectivity index (χ3n) is 2.70. The molecule has 1 heterocycles. The highest BCUT2D eigenvalue weighted by Gasteiger charge is 2.28. The van der Waals surface area contributed by atoms with Gasteiger partial charge in [0.15, 0.2) is 5.03 Å². The quantitative estimate of drug-likeness (QED) is 0.837. The van der Waals surface area contributed by atoms with E-state index in [1.807, 2.05) is 0 Å². The Hall–Kier alpha value is -2.19. The SMILES string of the molecule is Cn1nccc1S(=O)(=O)N[C@H](C(=O)O)c1ccccc1.